The number of ketones is 1. The largest absolute Gasteiger partial charge is 0.353 e. The molecular weight excluding hydrogens is 258 g/mol. The Kier molecular flexibility index (Phi) is 8.79. The molecule has 6 nitrogen and oxygen atoms in total. The Labute approximate surface area is 121 Å². The van der Waals surface area contributed by atoms with Crippen LogP contribution >= 0.6 is 0 Å². The summed E-state index contributed by atoms with van der Waals surface area (Å²) in [5, 5.41) is 2.77. The minimum atomic E-state index is -0.714. The van der Waals surface area contributed by atoms with E-state index in [4.69, 9.17) is 0 Å². The Hall–Kier alpha value is -1.43. The van der Waals surface area contributed by atoms with E-state index in [1.165, 1.54) is 11.8 Å². The second-order valence-electron chi connectivity index (χ2n) is 5.27. The number of nitrogens with zero attached hydrogens (tertiary/aromatic N) is 2. The van der Waals surface area contributed by atoms with Crippen LogP contribution in [0.3, 0.4) is 0 Å². The van der Waals surface area contributed by atoms with Gasteiger partial charge >= 0.3 is 0 Å². The van der Waals surface area contributed by atoms with Crippen molar-refractivity contribution in [1.82, 2.24) is 15.1 Å². The standard InChI is InChI=1S/C14H27N3O3/c1-6-7-13(19)17(5)12(10-11(2)18)14(20)15-8-9-16(3)4/h12H,6-10H2,1-5H3,(H,15,20). The van der Waals surface area contributed by atoms with Crippen LogP contribution in [0.1, 0.15) is 33.1 Å². The molecule has 1 atom stereocenters. The van der Waals surface area contributed by atoms with Gasteiger partial charge in [0.1, 0.15) is 11.8 Å². The summed E-state index contributed by atoms with van der Waals surface area (Å²) in [6, 6.07) is -0.714. The molecular formula is C14H27N3O3. The van der Waals surface area contributed by atoms with Gasteiger partial charge in [-0.2, -0.15) is 0 Å². The van der Waals surface area contributed by atoms with Crippen molar-refractivity contribution in [3.8, 4) is 0 Å². The highest BCUT2D eigenvalue weighted by atomic mass is 16.2. The molecule has 0 saturated heterocycles. The molecule has 0 spiro atoms. The first-order valence-corrected chi connectivity index (χ1v) is 6.97. The molecule has 6 heteroatoms. The van der Waals surface area contributed by atoms with Gasteiger partial charge in [0.2, 0.25) is 11.8 Å². The van der Waals surface area contributed by atoms with E-state index in [1.54, 1.807) is 7.05 Å². The van der Waals surface area contributed by atoms with E-state index in [9.17, 15) is 14.4 Å². The van der Waals surface area contributed by atoms with Crippen molar-refractivity contribution in [2.75, 3.05) is 34.2 Å². The zero-order chi connectivity index (χ0) is 15.7. The van der Waals surface area contributed by atoms with E-state index in [0.29, 0.717) is 19.5 Å². The first-order valence-electron chi connectivity index (χ1n) is 6.97. The van der Waals surface area contributed by atoms with Gasteiger partial charge in [-0.05, 0) is 27.4 Å². The number of rotatable bonds is 9. The summed E-state index contributed by atoms with van der Waals surface area (Å²) < 4.78 is 0. The molecule has 0 aromatic heterocycles. The summed E-state index contributed by atoms with van der Waals surface area (Å²) in [6.45, 7) is 4.54. The second kappa shape index (κ2) is 9.47. The highest BCUT2D eigenvalue weighted by Crippen LogP contribution is 2.07. The summed E-state index contributed by atoms with van der Waals surface area (Å²) in [5.74, 6) is -0.482. The number of Topliss-reactive ketones (excluding diaryl/α,β-unsaturated/α-hetero) is 1. The lowest BCUT2D eigenvalue weighted by Crippen LogP contribution is -2.49. The number of carbonyl (C=O) groups excluding carboxylic acids is 3. The van der Waals surface area contributed by atoms with Crippen molar-refractivity contribution < 1.29 is 14.4 Å². The van der Waals surface area contributed by atoms with Crippen molar-refractivity contribution in [2.45, 2.75) is 39.2 Å². The molecule has 2 amide bonds. The number of likely N-dealkylation sites (N-methyl/N-ethyl adjacent to an activating group) is 2. The Bertz CT molecular complexity index is 343. The Morgan fingerprint density at radius 2 is 1.75 bits per heavy atom. The van der Waals surface area contributed by atoms with E-state index in [0.717, 1.165) is 6.42 Å². The zero-order valence-electron chi connectivity index (χ0n) is 13.2. The predicted molar refractivity (Wildman–Crippen MR) is 78.3 cm³/mol. The van der Waals surface area contributed by atoms with Gasteiger partial charge in [-0.1, -0.05) is 6.92 Å². The number of amides is 2. The van der Waals surface area contributed by atoms with Crippen LogP contribution in [0.5, 0.6) is 0 Å². The molecule has 1 unspecified atom stereocenters. The third kappa shape index (κ3) is 7.23. The quantitative estimate of drug-likeness (QED) is 0.660. The number of carbonyl (C=O) groups is 3. The molecule has 116 valence electrons. The third-order valence-corrected chi connectivity index (χ3v) is 2.97. The van der Waals surface area contributed by atoms with Gasteiger partial charge < -0.3 is 15.1 Å². The molecule has 0 aliphatic carbocycles. The van der Waals surface area contributed by atoms with Gasteiger partial charge in [-0.15, -0.1) is 0 Å². The monoisotopic (exact) mass is 285 g/mol. The molecule has 0 fully saturated rings. The fourth-order valence-electron chi connectivity index (χ4n) is 1.76. The Balaban J connectivity index is 4.64. The van der Waals surface area contributed by atoms with E-state index < -0.39 is 6.04 Å². The first kappa shape index (κ1) is 18.6. The fraction of sp³-hybridized carbons (Fsp3) is 0.786. The minimum absolute atomic E-state index is 0.0553. The van der Waals surface area contributed by atoms with Gasteiger partial charge in [0.05, 0.1) is 0 Å². The average molecular weight is 285 g/mol. The molecule has 0 aliphatic rings. The maximum Gasteiger partial charge on any atom is 0.243 e. The Morgan fingerprint density at radius 1 is 1.15 bits per heavy atom. The van der Waals surface area contributed by atoms with Crippen molar-refractivity contribution in [1.29, 1.82) is 0 Å². The normalized spacial score (nSPS) is 12.1. The van der Waals surface area contributed by atoms with Crippen molar-refractivity contribution >= 4 is 17.6 Å². The molecule has 0 saturated carbocycles. The lowest BCUT2D eigenvalue weighted by Gasteiger charge is -2.27. The number of hydrogen-bond donors (Lipinski definition) is 1. The topological polar surface area (TPSA) is 69.7 Å². The van der Waals surface area contributed by atoms with Crippen LogP contribution < -0.4 is 5.32 Å². The summed E-state index contributed by atoms with van der Waals surface area (Å²) in [4.78, 5) is 38.6. The summed E-state index contributed by atoms with van der Waals surface area (Å²) >= 11 is 0. The second-order valence-corrected chi connectivity index (χ2v) is 5.27. The zero-order valence-corrected chi connectivity index (χ0v) is 13.2. The molecule has 0 heterocycles. The van der Waals surface area contributed by atoms with Gasteiger partial charge in [0, 0.05) is 33.0 Å². The molecule has 0 rings (SSSR count). The maximum absolute atomic E-state index is 12.1. The van der Waals surface area contributed by atoms with E-state index in [1.807, 2.05) is 25.9 Å². The smallest absolute Gasteiger partial charge is 0.243 e. The highest BCUT2D eigenvalue weighted by molar-refractivity contribution is 5.91. The number of nitrogens with one attached hydrogen (secondary N) is 1. The predicted octanol–water partition coefficient (Wildman–Crippen LogP) is 0.270. The van der Waals surface area contributed by atoms with E-state index in [2.05, 4.69) is 5.32 Å². The molecule has 0 radical (unpaired) electrons. The highest BCUT2D eigenvalue weighted by Gasteiger charge is 2.27. The number of hydrogen-bond acceptors (Lipinski definition) is 4. The van der Waals surface area contributed by atoms with Crippen molar-refractivity contribution in [2.24, 2.45) is 0 Å². The molecule has 20 heavy (non-hydrogen) atoms. The van der Waals surface area contributed by atoms with E-state index >= 15 is 0 Å². The van der Waals surface area contributed by atoms with Gasteiger partial charge in [-0.25, -0.2) is 0 Å². The Morgan fingerprint density at radius 3 is 2.20 bits per heavy atom. The van der Waals surface area contributed by atoms with Crippen LogP contribution in [0.2, 0.25) is 0 Å². The van der Waals surface area contributed by atoms with Crippen molar-refractivity contribution in [3.63, 3.8) is 0 Å². The van der Waals surface area contributed by atoms with Crippen LogP contribution in [0, 0.1) is 0 Å². The third-order valence-electron chi connectivity index (χ3n) is 2.97. The van der Waals surface area contributed by atoms with Gasteiger partial charge in [0.15, 0.2) is 0 Å². The maximum atomic E-state index is 12.1. The minimum Gasteiger partial charge on any atom is -0.353 e. The fourth-order valence-corrected chi connectivity index (χ4v) is 1.76. The SMILES string of the molecule is CCCC(=O)N(C)C(CC(C)=O)C(=O)NCCN(C)C. The average Bonchev–Trinajstić information content (AvgIpc) is 2.34. The summed E-state index contributed by atoms with van der Waals surface area (Å²) in [6.07, 6.45) is 1.16. The molecule has 0 aromatic rings. The lowest BCUT2D eigenvalue weighted by molar-refractivity contribution is -0.140. The van der Waals surface area contributed by atoms with Crippen molar-refractivity contribution in [3.05, 3.63) is 0 Å². The van der Waals surface area contributed by atoms with Crippen LogP contribution in [-0.4, -0.2) is 67.7 Å². The molecule has 0 aromatic carbocycles. The summed E-state index contributed by atoms with van der Waals surface area (Å²) in [7, 11) is 5.41. The van der Waals surface area contributed by atoms with Gasteiger partial charge in [-0.3, -0.25) is 14.4 Å². The van der Waals surface area contributed by atoms with Crippen LogP contribution in [-0.2, 0) is 14.4 Å². The van der Waals surface area contributed by atoms with Crippen LogP contribution in [0.4, 0.5) is 0 Å². The summed E-state index contributed by atoms with van der Waals surface area (Å²) in [5.41, 5.74) is 0. The molecule has 0 bridgehead atoms. The van der Waals surface area contributed by atoms with Gasteiger partial charge in [0.25, 0.3) is 0 Å². The van der Waals surface area contributed by atoms with E-state index in [-0.39, 0.29) is 24.0 Å². The molecule has 0 aliphatic heterocycles. The lowest BCUT2D eigenvalue weighted by atomic mass is 10.1. The molecule has 1 N–H and O–H groups in total. The first-order chi connectivity index (χ1) is 9.29. The van der Waals surface area contributed by atoms with Crippen LogP contribution in [0.15, 0.2) is 0 Å². The van der Waals surface area contributed by atoms with Crippen LogP contribution in [0.25, 0.3) is 0 Å².